The quantitative estimate of drug-likeness (QED) is 0.359. The van der Waals surface area contributed by atoms with Crippen LogP contribution in [-0.4, -0.2) is 43.8 Å². The molecule has 0 aliphatic carbocycles. The predicted octanol–water partition coefficient (Wildman–Crippen LogP) is 3.51. The van der Waals surface area contributed by atoms with Gasteiger partial charge in [-0.25, -0.2) is 17.9 Å². The maximum atomic E-state index is 13.0. The fourth-order valence-electron chi connectivity index (χ4n) is 3.17. The highest BCUT2D eigenvalue weighted by molar-refractivity contribution is 7.92. The van der Waals surface area contributed by atoms with Crippen LogP contribution in [0.1, 0.15) is 18.2 Å². The topological polar surface area (TPSA) is 156 Å². The maximum Gasteiger partial charge on any atom is 0.357 e. The molecular weight excluding hydrogens is 488 g/mol. The first-order chi connectivity index (χ1) is 17.2. The number of carbonyl (C=O) groups excluding carboxylic acids is 2. The molecule has 0 radical (unpaired) electrons. The summed E-state index contributed by atoms with van der Waals surface area (Å²) in [7, 11) is -3.94. The van der Waals surface area contributed by atoms with E-state index in [2.05, 4.69) is 25.2 Å². The zero-order valence-corrected chi connectivity index (χ0v) is 20.4. The van der Waals surface area contributed by atoms with E-state index in [9.17, 15) is 18.0 Å². The van der Waals surface area contributed by atoms with E-state index in [4.69, 9.17) is 9.26 Å². The number of hydrazone groups is 1. The normalized spacial score (nSPS) is 15.9. The molecule has 0 fully saturated rings. The molecule has 1 amide bonds. The molecule has 36 heavy (non-hydrogen) atoms. The number of hydrogen-bond acceptors (Lipinski definition) is 10. The number of aryl methyl sites for hydroxylation is 1. The van der Waals surface area contributed by atoms with Gasteiger partial charge in [0.2, 0.25) is 11.9 Å². The lowest BCUT2D eigenvalue weighted by molar-refractivity contribution is -0.135. The number of esters is 1. The second-order valence-corrected chi connectivity index (χ2v) is 9.31. The van der Waals surface area contributed by atoms with E-state index < -0.39 is 27.9 Å². The largest absolute Gasteiger partial charge is 0.461 e. The minimum absolute atomic E-state index is 0.0322. The lowest BCUT2D eigenvalue weighted by Crippen LogP contribution is -2.33. The molecule has 186 valence electrons. The van der Waals surface area contributed by atoms with E-state index in [0.29, 0.717) is 16.9 Å². The Morgan fingerprint density at radius 2 is 1.83 bits per heavy atom. The van der Waals surface area contributed by atoms with Crippen molar-refractivity contribution in [2.45, 2.75) is 31.7 Å². The minimum atomic E-state index is -3.94. The van der Waals surface area contributed by atoms with Crippen LogP contribution in [0.25, 0.3) is 0 Å². The van der Waals surface area contributed by atoms with Gasteiger partial charge in [-0.05, 0) is 57.2 Å². The number of amides is 1. The second-order valence-electron chi connectivity index (χ2n) is 7.63. The van der Waals surface area contributed by atoms with Crippen LogP contribution < -0.4 is 9.73 Å². The molecule has 0 spiro atoms. The second kappa shape index (κ2) is 10.1. The summed E-state index contributed by atoms with van der Waals surface area (Å²) >= 11 is 0. The van der Waals surface area contributed by atoms with Gasteiger partial charge in [0.05, 0.1) is 28.6 Å². The van der Waals surface area contributed by atoms with Crippen LogP contribution in [0.5, 0.6) is 0 Å². The van der Waals surface area contributed by atoms with Crippen LogP contribution in [0.15, 0.2) is 79.3 Å². The van der Waals surface area contributed by atoms with Gasteiger partial charge in [0.25, 0.3) is 15.9 Å². The molecule has 1 aliphatic heterocycles. The third-order valence-corrected chi connectivity index (χ3v) is 6.56. The summed E-state index contributed by atoms with van der Waals surface area (Å²) in [5, 5.41) is 17.0. The molecule has 1 atom stereocenters. The van der Waals surface area contributed by atoms with Crippen molar-refractivity contribution in [3.8, 4) is 0 Å². The summed E-state index contributed by atoms with van der Waals surface area (Å²) in [5.41, 5.74) is 1.67. The van der Waals surface area contributed by atoms with Crippen molar-refractivity contribution < 1.29 is 27.3 Å². The van der Waals surface area contributed by atoms with Crippen molar-refractivity contribution in [1.82, 2.24) is 5.16 Å². The fourth-order valence-corrected chi connectivity index (χ4v) is 4.21. The van der Waals surface area contributed by atoms with Gasteiger partial charge in [0.15, 0.2) is 5.71 Å². The van der Waals surface area contributed by atoms with Crippen molar-refractivity contribution in [1.29, 1.82) is 0 Å². The maximum absolute atomic E-state index is 13.0. The lowest BCUT2D eigenvalue weighted by atomic mass is 10.2. The molecule has 0 unspecified atom stereocenters. The number of carbonyl (C=O) groups is 2. The summed E-state index contributed by atoms with van der Waals surface area (Å²) in [6.07, 6.45) is 0. The highest BCUT2D eigenvalue weighted by Gasteiger charge is 2.41. The Bertz CT molecular complexity index is 1450. The summed E-state index contributed by atoms with van der Waals surface area (Å²) in [6, 6.07) is 12.7. The molecule has 2 heterocycles. The minimum Gasteiger partial charge on any atom is -0.461 e. The summed E-state index contributed by atoms with van der Waals surface area (Å²) < 4.78 is 37.7. The lowest BCUT2D eigenvalue weighted by Gasteiger charge is -2.11. The highest BCUT2D eigenvalue weighted by Crippen LogP contribution is 2.26. The number of anilines is 2. The Labute approximate surface area is 206 Å². The molecule has 1 N–H and O–H groups in total. The molecule has 1 aliphatic rings. The molecule has 0 saturated carbocycles. The zero-order chi connectivity index (χ0) is 25.9. The SMILES string of the molecule is CCOC(=O)C1=NN(c2ccccc2)C(=O)[C@@H]1N=Nc1ccc(S(=O)(=O)Nc2onc(C)c2C)cc1. The fraction of sp³-hybridized carbons (Fsp3) is 0.217. The number of nitrogens with one attached hydrogen (secondary N) is 1. The number of ether oxygens (including phenoxy) is 1. The molecule has 0 bridgehead atoms. The van der Waals surface area contributed by atoms with Crippen molar-refractivity contribution >= 4 is 44.9 Å². The Balaban J connectivity index is 1.54. The Hall–Kier alpha value is -4.39. The van der Waals surface area contributed by atoms with Crippen LogP contribution in [0.4, 0.5) is 17.3 Å². The Kier molecular flexibility index (Phi) is 6.92. The van der Waals surface area contributed by atoms with Gasteiger partial charge >= 0.3 is 5.97 Å². The molecule has 4 rings (SSSR count). The number of azo groups is 1. The van der Waals surface area contributed by atoms with E-state index >= 15 is 0 Å². The number of sulfonamides is 1. The van der Waals surface area contributed by atoms with Gasteiger partial charge in [0, 0.05) is 5.56 Å². The monoisotopic (exact) mass is 510 g/mol. The van der Waals surface area contributed by atoms with E-state index in [1.54, 1.807) is 51.1 Å². The molecule has 0 saturated heterocycles. The van der Waals surface area contributed by atoms with E-state index in [-0.39, 0.29) is 28.8 Å². The first-order valence-electron chi connectivity index (χ1n) is 10.8. The first-order valence-corrected chi connectivity index (χ1v) is 12.3. The van der Waals surface area contributed by atoms with Crippen molar-refractivity contribution in [3.05, 3.63) is 65.9 Å². The third kappa shape index (κ3) is 5.00. The van der Waals surface area contributed by atoms with Crippen LogP contribution in [0.2, 0.25) is 0 Å². The van der Waals surface area contributed by atoms with Crippen molar-refractivity contribution in [2.24, 2.45) is 15.3 Å². The summed E-state index contributed by atoms with van der Waals surface area (Å²) in [5.74, 6) is -1.32. The smallest absolute Gasteiger partial charge is 0.357 e. The van der Waals surface area contributed by atoms with Crippen LogP contribution in [0, 0.1) is 13.8 Å². The number of hydrogen-bond donors (Lipinski definition) is 1. The average molecular weight is 511 g/mol. The molecule has 13 heteroatoms. The van der Waals surface area contributed by atoms with Gasteiger partial charge in [-0.15, -0.1) is 0 Å². The average Bonchev–Trinajstić information content (AvgIpc) is 3.37. The highest BCUT2D eigenvalue weighted by atomic mass is 32.2. The van der Waals surface area contributed by atoms with Gasteiger partial charge in [-0.2, -0.15) is 20.3 Å². The first kappa shape index (κ1) is 24.7. The molecular formula is C23H22N6O6S. The molecule has 2 aromatic carbocycles. The number of nitrogens with zero attached hydrogens (tertiary/aromatic N) is 5. The number of rotatable bonds is 8. The predicted molar refractivity (Wildman–Crippen MR) is 130 cm³/mol. The van der Waals surface area contributed by atoms with Crippen molar-refractivity contribution in [3.63, 3.8) is 0 Å². The number of benzene rings is 2. The number of para-hydroxylation sites is 1. The van der Waals surface area contributed by atoms with E-state index in [1.165, 1.54) is 24.3 Å². The van der Waals surface area contributed by atoms with E-state index in [0.717, 1.165) is 5.01 Å². The van der Waals surface area contributed by atoms with Gasteiger partial charge in [-0.3, -0.25) is 4.79 Å². The summed E-state index contributed by atoms with van der Waals surface area (Å²) in [6.45, 7) is 5.11. The number of aromatic nitrogens is 1. The standard InChI is InChI=1S/C23H22N6O6S/c1-4-34-23(31)20-19(22(30)29(26-20)17-8-6-5-7-9-17)25-24-16-10-12-18(13-11-16)36(32,33)28-21-14(2)15(3)27-35-21/h5-13,19,28H,4H2,1-3H3/t19-/m1/s1. The van der Waals surface area contributed by atoms with Gasteiger partial charge in [-0.1, -0.05) is 23.4 Å². The van der Waals surface area contributed by atoms with Crippen LogP contribution >= 0.6 is 0 Å². The van der Waals surface area contributed by atoms with Crippen LogP contribution in [-0.2, 0) is 24.3 Å². The molecule has 1 aromatic heterocycles. The van der Waals surface area contributed by atoms with Crippen molar-refractivity contribution in [2.75, 3.05) is 16.3 Å². The van der Waals surface area contributed by atoms with Gasteiger partial charge < -0.3 is 9.26 Å². The molecule has 12 nitrogen and oxygen atoms in total. The Morgan fingerprint density at radius 3 is 2.44 bits per heavy atom. The summed E-state index contributed by atoms with van der Waals surface area (Å²) in [4.78, 5) is 25.3. The third-order valence-electron chi connectivity index (χ3n) is 5.21. The molecule has 3 aromatic rings. The van der Waals surface area contributed by atoms with Gasteiger partial charge in [0.1, 0.15) is 0 Å². The Morgan fingerprint density at radius 1 is 1.14 bits per heavy atom. The zero-order valence-electron chi connectivity index (χ0n) is 19.6. The van der Waals surface area contributed by atoms with E-state index in [1.807, 2.05) is 0 Å². The van der Waals surface area contributed by atoms with Crippen LogP contribution in [0.3, 0.4) is 0 Å².